The molecule has 8 heteroatoms. The van der Waals surface area contributed by atoms with Crippen LogP contribution >= 0.6 is 11.6 Å². The van der Waals surface area contributed by atoms with Crippen LogP contribution in [0.1, 0.15) is 17.9 Å². The third-order valence-corrected chi connectivity index (χ3v) is 2.72. The number of carboxylic acid groups (broad SMARTS) is 1. The Bertz CT molecular complexity index is 536. The molecule has 6 nitrogen and oxygen atoms in total. The van der Waals surface area contributed by atoms with Crippen molar-refractivity contribution in [1.29, 1.82) is 0 Å². The van der Waals surface area contributed by atoms with E-state index in [1.807, 2.05) is 5.43 Å². The van der Waals surface area contributed by atoms with Crippen LogP contribution in [0.2, 0.25) is 0 Å². The van der Waals surface area contributed by atoms with E-state index in [-0.39, 0.29) is 17.9 Å². The van der Waals surface area contributed by atoms with Gasteiger partial charge in [0.05, 0.1) is 5.92 Å². The van der Waals surface area contributed by atoms with Gasteiger partial charge in [-0.3, -0.25) is 4.79 Å². The van der Waals surface area contributed by atoms with Crippen LogP contribution in [-0.4, -0.2) is 28.7 Å². The second kappa shape index (κ2) is 7.44. The number of amidine groups is 1. The number of amides is 1. The Balaban J connectivity index is 2.92. The fourth-order valence-corrected chi connectivity index (χ4v) is 1.75. The van der Waals surface area contributed by atoms with Crippen LogP contribution in [0.15, 0.2) is 29.4 Å². The lowest BCUT2D eigenvalue weighted by atomic mass is 9.95. The normalized spacial score (nSPS) is 12.8. The first-order valence-electron chi connectivity index (χ1n) is 5.64. The second-order valence-corrected chi connectivity index (χ2v) is 4.21. The SMILES string of the molecule is NC(=NNC(=O)C(CCCl)c1ccccc1F)C(=O)O. The van der Waals surface area contributed by atoms with E-state index in [1.165, 1.54) is 18.2 Å². The summed E-state index contributed by atoms with van der Waals surface area (Å²) >= 11 is 5.60. The number of hydrazone groups is 1. The third kappa shape index (κ3) is 4.20. The molecule has 0 saturated heterocycles. The quantitative estimate of drug-likeness (QED) is 0.327. The molecule has 0 saturated carbocycles. The molecule has 1 unspecified atom stereocenters. The summed E-state index contributed by atoms with van der Waals surface area (Å²) < 4.78 is 13.7. The molecular weight excluding hydrogens is 289 g/mol. The molecule has 0 aliphatic heterocycles. The van der Waals surface area contributed by atoms with Crippen molar-refractivity contribution in [3.63, 3.8) is 0 Å². The number of carbonyl (C=O) groups is 2. The van der Waals surface area contributed by atoms with Crippen molar-refractivity contribution in [2.24, 2.45) is 10.8 Å². The number of halogens is 2. The number of nitrogens with zero attached hydrogens (tertiary/aromatic N) is 1. The van der Waals surface area contributed by atoms with Gasteiger partial charge in [-0.05, 0) is 12.5 Å². The fraction of sp³-hybridized carbons (Fsp3) is 0.250. The average molecular weight is 302 g/mol. The Hall–Kier alpha value is -2.15. The van der Waals surface area contributed by atoms with Crippen LogP contribution in [0.25, 0.3) is 0 Å². The van der Waals surface area contributed by atoms with Gasteiger partial charge in [-0.2, -0.15) is 0 Å². The van der Waals surface area contributed by atoms with Gasteiger partial charge in [-0.15, -0.1) is 16.7 Å². The molecule has 108 valence electrons. The van der Waals surface area contributed by atoms with Crippen molar-refractivity contribution >= 4 is 29.3 Å². The highest BCUT2D eigenvalue weighted by Gasteiger charge is 2.23. The van der Waals surface area contributed by atoms with Gasteiger partial charge in [-0.1, -0.05) is 18.2 Å². The maximum Gasteiger partial charge on any atom is 0.373 e. The number of nitrogens with two attached hydrogens (primary N) is 1. The first-order valence-corrected chi connectivity index (χ1v) is 6.17. The van der Waals surface area contributed by atoms with Crippen molar-refractivity contribution in [2.75, 3.05) is 5.88 Å². The molecule has 0 radical (unpaired) electrons. The van der Waals surface area contributed by atoms with E-state index in [2.05, 4.69) is 5.10 Å². The van der Waals surface area contributed by atoms with E-state index in [0.29, 0.717) is 0 Å². The molecule has 4 N–H and O–H groups in total. The standard InChI is InChI=1S/C12H13ClFN3O3/c13-6-5-8(7-3-1-2-4-9(7)14)11(18)17-16-10(15)12(19)20/h1-4,8H,5-6H2,(H2,15,16)(H,17,18)(H,19,20). The molecule has 1 atom stereocenters. The topological polar surface area (TPSA) is 105 Å². The molecule has 0 aromatic heterocycles. The molecule has 0 fully saturated rings. The number of hydrogen-bond acceptors (Lipinski definition) is 3. The van der Waals surface area contributed by atoms with E-state index in [1.54, 1.807) is 6.07 Å². The Morgan fingerprint density at radius 1 is 1.45 bits per heavy atom. The summed E-state index contributed by atoms with van der Waals surface area (Å²) in [6.07, 6.45) is 0.177. The molecule has 1 rings (SSSR count). The number of carbonyl (C=O) groups excluding carboxylic acids is 1. The van der Waals surface area contributed by atoms with Crippen LogP contribution in [0.4, 0.5) is 4.39 Å². The number of alkyl halides is 1. The Labute approximate surface area is 119 Å². The summed E-state index contributed by atoms with van der Waals surface area (Å²) in [7, 11) is 0. The van der Waals surface area contributed by atoms with Crippen molar-refractivity contribution in [3.8, 4) is 0 Å². The lowest BCUT2D eigenvalue weighted by Gasteiger charge is -2.15. The highest BCUT2D eigenvalue weighted by Crippen LogP contribution is 2.23. The van der Waals surface area contributed by atoms with Crippen LogP contribution in [-0.2, 0) is 9.59 Å². The minimum absolute atomic E-state index is 0.130. The summed E-state index contributed by atoms with van der Waals surface area (Å²) in [6.45, 7) is 0. The number of carboxylic acids is 1. The summed E-state index contributed by atoms with van der Waals surface area (Å²) in [6, 6.07) is 5.76. The highest BCUT2D eigenvalue weighted by molar-refractivity contribution is 6.33. The molecule has 1 aromatic rings. The van der Waals surface area contributed by atoms with Crippen molar-refractivity contribution in [1.82, 2.24) is 5.43 Å². The second-order valence-electron chi connectivity index (χ2n) is 3.83. The summed E-state index contributed by atoms with van der Waals surface area (Å²) in [4.78, 5) is 22.4. The number of hydrogen-bond donors (Lipinski definition) is 3. The van der Waals surface area contributed by atoms with Gasteiger partial charge < -0.3 is 10.8 Å². The summed E-state index contributed by atoms with van der Waals surface area (Å²) in [5.41, 5.74) is 7.20. The van der Waals surface area contributed by atoms with Crippen LogP contribution in [0.5, 0.6) is 0 Å². The van der Waals surface area contributed by atoms with Gasteiger partial charge in [0.25, 0.3) is 0 Å². The van der Waals surface area contributed by atoms with Crippen molar-refractivity contribution in [2.45, 2.75) is 12.3 Å². The molecule has 0 heterocycles. The molecule has 20 heavy (non-hydrogen) atoms. The van der Waals surface area contributed by atoms with E-state index < -0.39 is 29.4 Å². The monoisotopic (exact) mass is 301 g/mol. The van der Waals surface area contributed by atoms with E-state index in [0.717, 1.165) is 0 Å². The Morgan fingerprint density at radius 3 is 2.65 bits per heavy atom. The zero-order valence-corrected chi connectivity index (χ0v) is 11.1. The maximum atomic E-state index is 13.7. The van der Waals surface area contributed by atoms with Gasteiger partial charge in [-0.25, -0.2) is 14.6 Å². The largest absolute Gasteiger partial charge is 0.475 e. The van der Waals surface area contributed by atoms with Crippen LogP contribution < -0.4 is 11.2 Å². The van der Waals surface area contributed by atoms with Crippen LogP contribution in [0.3, 0.4) is 0 Å². The first-order chi connectivity index (χ1) is 9.47. The number of aliphatic carboxylic acids is 1. The molecule has 0 aliphatic carbocycles. The van der Waals surface area contributed by atoms with E-state index in [9.17, 15) is 14.0 Å². The Morgan fingerprint density at radius 2 is 2.10 bits per heavy atom. The zero-order valence-electron chi connectivity index (χ0n) is 10.3. The number of nitrogens with one attached hydrogen (secondary N) is 1. The maximum absolute atomic E-state index is 13.7. The minimum Gasteiger partial charge on any atom is -0.475 e. The predicted octanol–water partition coefficient (Wildman–Crippen LogP) is 1.01. The smallest absolute Gasteiger partial charge is 0.373 e. The van der Waals surface area contributed by atoms with Crippen molar-refractivity contribution < 1.29 is 19.1 Å². The summed E-state index contributed by atoms with van der Waals surface area (Å²) in [5.74, 6) is -4.21. The van der Waals surface area contributed by atoms with Crippen molar-refractivity contribution in [3.05, 3.63) is 35.6 Å². The molecular formula is C12H13ClFN3O3. The van der Waals surface area contributed by atoms with Crippen LogP contribution in [0, 0.1) is 5.82 Å². The minimum atomic E-state index is -1.47. The number of rotatable bonds is 5. The van der Waals surface area contributed by atoms with Gasteiger partial charge in [0, 0.05) is 11.4 Å². The lowest BCUT2D eigenvalue weighted by molar-refractivity contribution is -0.129. The molecule has 0 bridgehead atoms. The molecule has 1 aromatic carbocycles. The summed E-state index contributed by atoms with van der Waals surface area (Å²) in [5, 5.41) is 11.7. The van der Waals surface area contributed by atoms with E-state index in [4.69, 9.17) is 22.4 Å². The molecule has 1 amide bonds. The van der Waals surface area contributed by atoms with Gasteiger partial charge in [0.15, 0.2) is 0 Å². The Kier molecular flexibility index (Phi) is 5.92. The van der Waals surface area contributed by atoms with Gasteiger partial charge in [0.1, 0.15) is 5.82 Å². The fourth-order valence-electron chi connectivity index (χ4n) is 1.54. The molecule has 0 aliphatic rings. The average Bonchev–Trinajstić information content (AvgIpc) is 2.42. The zero-order chi connectivity index (χ0) is 15.1. The van der Waals surface area contributed by atoms with E-state index >= 15 is 0 Å². The lowest BCUT2D eigenvalue weighted by Crippen LogP contribution is -2.32. The first kappa shape index (κ1) is 15.9. The van der Waals surface area contributed by atoms with Gasteiger partial charge >= 0.3 is 5.97 Å². The third-order valence-electron chi connectivity index (χ3n) is 2.50. The number of benzene rings is 1. The predicted molar refractivity (Wildman–Crippen MR) is 71.9 cm³/mol. The van der Waals surface area contributed by atoms with Gasteiger partial charge in [0.2, 0.25) is 11.7 Å². The highest BCUT2D eigenvalue weighted by atomic mass is 35.5. The molecule has 0 spiro atoms.